The molecule has 0 spiro atoms. The molecule has 0 aromatic heterocycles. The monoisotopic (exact) mass is 586 g/mol. The van der Waals surface area contributed by atoms with Gasteiger partial charge >= 0.3 is 39.1 Å². The lowest BCUT2D eigenvalue weighted by Gasteiger charge is -2.38. The van der Waals surface area contributed by atoms with Crippen LogP contribution in [0.3, 0.4) is 0 Å². The summed E-state index contributed by atoms with van der Waals surface area (Å²) in [6.45, 7) is 0. The second kappa shape index (κ2) is 7.31. The van der Waals surface area contributed by atoms with Crippen molar-refractivity contribution in [2.75, 3.05) is 0 Å². The van der Waals surface area contributed by atoms with E-state index in [4.69, 9.17) is 0 Å². The topological polar surface area (TPSA) is 52.6 Å². The normalized spacial score (nSPS) is 19.7. The lowest BCUT2D eigenvalue weighted by molar-refractivity contribution is -0.524. The highest BCUT2D eigenvalue weighted by Crippen LogP contribution is 2.55. The van der Waals surface area contributed by atoms with Gasteiger partial charge in [-0.1, -0.05) is 0 Å². The first-order valence-electron chi connectivity index (χ1n) is 5.24. The van der Waals surface area contributed by atoms with Gasteiger partial charge in [-0.15, -0.1) is 0 Å². The fraction of sp³-hybridized carbons (Fsp3) is 1.00. The third kappa shape index (κ3) is 5.10. The van der Waals surface area contributed by atoms with Crippen molar-refractivity contribution in [3.05, 3.63) is 0 Å². The van der Waals surface area contributed by atoms with Crippen molar-refractivity contribution in [1.82, 2.24) is 0 Å². The lowest BCUT2D eigenvalue weighted by Crippen LogP contribution is -2.65. The highest BCUT2D eigenvalue weighted by atomic mass is 79.9. The molecule has 0 aromatic rings. The summed E-state index contributed by atoms with van der Waals surface area (Å²) in [6, 6.07) is 0. The molecule has 0 aliphatic rings. The van der Waals surface area contributed by atoms with Crippen LogP contribution in [0.2, 0.25) is 0 Å². The van der Waals surface area contributed by atoms with Gasteiger partial charge in [0.2, 0.25) is 10.7 Å². The van der Waals surface area contributed by atoms with E-state index in [1.807, 2.05) is 0 Å². The summed E-state index contributed by atoms with van der Waals surface area (Å²) in [5.41, 5.74) is 0. The molecule has 0 bridgehead atoms. The van der Waals surface area contributed by atoms with Crippen molar-refractivity contribution < 1.29 is 75.0 Å². The van der Waals surface area contributed by atoms with E-state index in [0.29, 0.717) is 0 Å². The summed E-state index contributed by atoms with van der Waals surface area (Å²) >= 11 is 1.93. The third-order valence-electron chi connectivity index (χ3n) is 2.17. The van der Waals surface area contributed by atoms with Gasteiger partial charge in [-0.3, -0.25) is 9.47 Å². The van der Waals surface area contributed by atoms with E-state index < -0.39 is 49.8 Å². The van der Waals surface area contributed by atoms with E-state index in [2.05, 4.69) is 4.74 Å². The van der Waals surface area contributed by atoms with Crippen LogP contribution in [-0.4, -0.2) is 47.5 Å². The molecule has 0 aliphatic heterocycles. The highest BCUT2D eigenvalue weighted by Gasteiger charge is 2.82. The zero-order valence-corrected chi connectivity index (χ0v) is 15.3. The molecule has 2 unspecified atom stereocenters. The fourth-order valence-corrected chi connectivity index (χ4v) is 1.45. The van der Waals surface area contributed by atoms with Gasteiger partial charge in [-0.2, -0.15) is 57.1 Å². The summed E-state index contributed by atoms with van der Waals surface area (Å²) in [6.07, 6.45) is -21.8. The lowest BCUT2D eigenvalue weighted by atomic mass is 10.2. The minimum atomic E-state index is -7.48. The fourth-order valence-electron chi connectivity index (χ4n) is 0.911. The van der Waals surface area contributed by atoms with Crippen LogP contribution in [0.25, 0.3) is 0 Å². The van der Waals surface area contributed by atoms with Crippen LogP contribution in [0, 0.1) is 0 Å². The Bertz CT molecular complexity index is 619. The Morgan fingerprint density at radius 2 is 1.00 bits per heavy atom. The maximum Gasteiger partial charge on any atom is 0.458 e. The number of rotatable bonds is 8. The molecule has 164 valence electrons. The zero-order chi connectivity index (χ0) is 22.5. The second-order valence-electron chi connectivity index (χ2n) is 4.14. The molecule has 0 aromatic carbocycles. The Morgan fingerprint density at radius 3 is 1.26 bits per heavy atom. The number of hydrogen-bond donors (Lipinski definition) is 1. The van der Waals surface area contributed by atoms with Crippen LogP contribution >= 0.6 is 31.9 Å². The molecule has 0 heterocycles. The summed E-state index contributed by atoms with van der Waals surface area (Å²) in [5.74, 6) is -7.44. The number of halogens is 15. The van der Waals surface area contributed by atoms with Gasteiger partial charge in [0.25, 0.3) is 0 Å². The van der Waals surface area contributed by atoms with Crippen LogP contribution in [-0.2, 0) is 20.2 Å². The molecule has 0 N–H and O–H groups in total. The minimum absolute atomic E-state index is 0.952. The first-order valence-corrected chi connectivity index (χ1v) is 8.00. The minimum Gasteiger partial charge on any atom is -0.262 e. The molecule has 0 saturated carbocycles. The van der Waals surface area contributed by atoms with Gasteiger partial charge in [0.15, 0.2) is 0 Å². The number of hydrogen-bond acceptors (Lipinski definition) is 4. The van der Waals surface area contributed by atoms with Gasteiger partial charge in [0, 0.05) is 0 Å². The van der Waals surface area contributed by atoms with E-state index in [9.17, 15) is 65.5 Å². The maximum atomic E-state index is 13.6. The van der Waals surface area contributed by atoms with Crippen molar-refractivity contribution in [3.63, 3.8) is 0 Å². The van der Waals surface area contributed by atoms with Gasteiger partial charge < -0.3 is 0 Å². The van der Waals surface area contributed by atoms with E-state index in [1.165, 1.54) is 0 Å². The molecule has 27 heavy (non-hydrogen) atoms. The molecule has 0 fully saturated rings. The Morgan fingerprint density at radius 1 is 0.630 bits per heavy atom. The van der Waals surface area contributed by atoms with E-state index >= 15 is 0 Å². The molecule has 4 nitrogen and oxygen atoms in total. The van der Waals surface area contributed by atoms with E-state index in [1.54, 1.807) is 4.74 Å². The maximum absolute atomic E-state index is 13.6. The molecule has 0 rings (SSSR count). The Labute approximate surface area is 157 Å². The summed E-state index contributed by atoms with van der Waals surface area (Å²) in [7, 11) is -5.74. The molecule has 0 aliphatic carbocycles. The first-order chi connectivity index (χ1) is 11.4. The van der Waals surface area contributed by atoms with E-state index in [-0.39, 0.29) is 0 Å². The van der Waals surface area contributed by atoms with Crippen molar-refractivity contribution >= 4 is 42.6 Å². The van der Waals surface area contributed by atoms with Gasteiger partial charge in [-0.25, -0.2) is 8.42 Å². The average Bonchev–Trinajstić information content (AvgIpc) is 2.33. The van der Waals surface area contributed by atoms with Gasteiger partial charge in [-0.05, 0) is 31.9 Å². The van der Waals surface area contributed by atoms with Crippen LogP contribution in [0.15, 0.2) is 0 Å². The van der Waals surface area contributed by atoms with Gasteiger partial charge in [0.1, 0.15) is 0 Å². The Kier molecular flexibility index (Phi) is 7.29. The molecule has 2 atom stereocenters. The van der Waals surface area contributed by atoms with E-state index in [0.717, 1.165) is 31.9 Å². The summed E-state index contributed by atoms with van der Waals surface area (Å²) in [4.78, 5) is -5.36. The van der Waals surface area contributed by atoms with Crippen molar-refractivity contribution in [1.29, 1.82) is 0 Å². The third-order valence-corrected chi connectivity index (χ3v) is 4.59. The molecule has 0 saturated heterocycles. The molecule has 20 heteroatoms. The molecular formula is C7HBr2F13O4S. The first kappa shape index (κ1) is 26.9. The largest absolute Gasteiger partial charge is 0.458 e. The predicted molar refractivity (Wildman–Crippen MR) is 63.9 cm³/mol. The SMILES string of the molecule is O=[SH](=O)C(F)(F)C(F)(F)OC(F)(C(F)(F)F)C(F)(F)OC(F)(Br)C(F)(F)Br. The second-order valence-corrected chi connectivity index (χ2v) is 7.24. The summed E-state index contributed by atoms with van der Waals surface area (Å²) in [5, 5.41) is -6.69. The highest BCUT2D eigenvalue weighted by molar-refractivity contribution is 9.12. The van der Waals surface area contributed by atoms with Crippen LogP contribution in [0.1, 0.15) is 0 Å². The Hall–Kier alpha value is -0.0800. The average molecular weight is 588 g/mol. The Balaban J connectivity index is 6.35. The van der Waals surface area contributed by atoms with Gasteiger partial charge in [0.05, 0.1) is 0 Å². The van der Waals surface area contributed by atoms with Crippen molar-refractivity contribution in [3.8, 4) is 0 Å². The van der Waals surface area contributed by atoms with Crippen LogP contribution in [0.5, 0.6) is 0 Å². The number of ether oxygens (including phenoxy) is 2. The predicted octanol–water partition coefficient (Wildman–Crippen LogP) is 4.64. The molecule has 0 amide bonds. The van der Waals surface area contributed by atoms with Crippen molar-refractivity contribution in [2.45, 2.75) is 39.1 Å². The van der Waals surface area contributed by atoms with Crippen molar-refractivity contribution in [2.24, 2.45) is 0 Å². The zero-order valence-electron chi connectivity index (χ0n) is 11.2. The quantitative estimate of drug-likeness (QED) is 0.255. The molecule has 0 radical (unpaired) electrons. The standard InChI is InChI=1S/C7HBr2F13O4S/c8-2(11,12)3(9,13)26-5(17,18)1(10,4(14,15)16)25-6(19,20)7(21,22)27(23)24/h27H. The van der Waals surface area contributed by atoms with Crippen LogP contribution < -0.4 is 0 Å². The summed E-state index contributed by atoms with van der Waals surface area (Å²) < 4.78 is 185. The number of thiol groups is 1. The molecular weight excluding hydrogens is 587 g/mol. The van der Waals surface area contributed by atoms with Crippen LogP contribution in [0.4, 0.5) is 57.1 Å². The number of alkyl halides is 15. The smallest absolute Gasteiger partial charge is 0.262 e.